The molecule has 3 aromatic carbocycles. The molecule has 0 aliphatic rings. The van der Waals surface area contributed by atoms with Crippen molar-refractivity contribution < 1.29 is 13.2 Å². The third-order valence-corrected chi connectivity index (χ3v) is 5.09. The van der Waals surface area contributed by atoms with Crippen LogP contribution in [0.5, 0.6) is 0 Å². The van der Waals surface area contributed by atoms with Gasteiger partial charge in [0.1, 0.15) is 0 Å². The van der Waals surface area contributed by atoms with E-state index in [1.54, 1.807) is 6.07 Å². The van der Waals surface area contributed by atoms with E-state index in [4.69, 9.17) is 11.6 Å². The number of benzene rings is 3. The van der Waals surface area contributed by atoms with Gasteiger partial charge >= 0.3 is 0 Å². The molecule has 1 amide bonds. The molecule has 0 spiro atoms. The second kappa shape index (κ2) is 6.26. The summed E-state index contributed by atoms with van der Waals surface area (Å²) in [5.74, 6) is -0.457. The number of hydrogen-bond donors (Lipinski definition) is 1. The number of carbonyl (C=O) groups excluding carboxylic acids is 1. The molecular formula is C18H14ClNO3S. The maximum atomic E-state index is 12.6. The molecule has 0 aliphatic carbocycles. The molecule has 3 aromatic rings. The maximum absolute atomic E-state index is 12.6. The Kier molecular flexibility index (Phi) is 4.30. The maximum Gasteiger partial charge on any atom is 0.257 e. The summed E-state index contributed by atoms with van der Waals surface area (Å²) in [5.41, 5.74) is 0.756. The van der Waals surface area contributed by atoms with Crippen LogP contribution in [-0.4, -0.2) is 20.6 Å². The van der Waals surface area contributed by atoms with Gasteiger partial charge in [-0.2, -0.15) is 0 Å². The van der Waals surface area contributed by atoms with Crippen LogP contribution in [0.4, 0.5) is 5.69 Å². The highest BCUT2D eigenvalue weighted by molar-refractivity contribution is 7.90. The van der Waals surface area contributed by atoms with E-state index in [0.29, 0.717) is 5.69 Å². The number of fused-ring (bicyclic) bond motifs is 1. The molecule has 3 rings (SSSR count). The highest BCUT2D eigenvalue weighted by Crippen LogP contribution is 2.26. The Labute approximate surface area is 145 Å². The summed E-state index contributed by atoms with van der Waals surface area (Å²) in [7, 11) is -3.42. The van der Waals surface area contributed by atoms with Crippen LogP contribution in [0, 0.1) is 0 Å². The van der Waals surface area contributed by atoms with E-state index >= 15 is 0 Å². The number of rotatable bonds is 3. The van der Waals surface area contributed by atoms with Crippen LogP contribution in [-0.2, 0) is 9.84 Å². The van der Waals surface area contributed by atoms with Crippen LogP contribution in [0.2, 0.25) is 5.02 Å². The van der Waals surface area contributed by atoms with E-state index in [1.165, 1.54) is 18.2 Å². The fourth-order valence-corrected chi connectivity index (χ4v) is 3.28. The van der Waals surface area contributed by atoms with Crippen LogP contribution in [0.25, 0.3) is 10.8 Å². The van der Waals surface area contributed by atoms with Gasteiger partial charge in [-0.25, -0.2) is 8.42 Å². The fourth-order valence-electron chi connectivity index (χ4n) is 2.43. The third kappa shape index (κ3) is 3.27. The van der Waals surface area contributed by atoms with E-state index in [2.05, 4.69) is 5.32 Å². The second-order valence-corrected chi connectivity index (χ2v) is 7.82. The minimum Gasteiger partial charge on any atom is -0.321 e. The average Bonchev–Trinajstić information content (AvgIpc) is 2.54. The van der Waals surface area contributed by atoms with Crippen LogP contribution >= 0.6 is 11.6 Å². The van der Waals surface area contributed by atoms with Gasteiger partial charge in [-0.3, -0.25) is 4.79 Å². The summed E-state index contributed by atoms with van der Waals surface area (Å²) in [6.07, 6.45) is 1.09. The first kappa shape index (κ1) is 16.5. The van der Waals surface area contributed by atoms with Crippen molar-refractivity contribution in [2.24, 2.45) is 0 Å². The highest BCUT2D eigenvalue weighted by Gasteiger charge is 2.16. The molecule has 6 heteroatoms. The summed E-state index contributed by atoms with van der Waals surface area (Å²) in [5, 5.41) is 4.88. The van der Waals surface area contributed by atoms with Crippen LogP contribution in [0.1, 0.15) is 10.4 Å². The van der Waals surface area contributed by atoms with Gasteiger partial charge in [-0.1, -0.05) is 48.0 Å². The van der Waals surface area contributed by atoms with Gasteiger partial charge < -0.3 is 5.32 Å². The Morgan fingerprint density at radius 3 is 2.46 bits per heavy atom. The normalized spacial score (nSPS) is 11.4. The van der Waals surface area contributed by atoms with E-state index in [1.807, 2.05) is 36.4 Å². The van der Waals surface area contributed by atoms with Crippen LogP contribution < -0.4 is 5.32 Å². The van der Waals surface area contributed by atoms with Crippen molar-refractivity contribution in [3.05, 3.63) is 71.2 Å². The lowest BCUT2D eigenvalue weighted by atomic mass is 10.1. The lowest BCUT2D eigenvalue weighted by molar-refractivity contribution is 0.102. The summed E-state index contributed by atoms with van der Waals surface area (Å²) < 4.78 is 23.4. The number of nitrogens with one attached hydrogen (secondary N) is 1. The summed E-state index contributed by atoms with van der Waals surface area (Å²) in [6.45, 7) is 0. The summed E-state index contributed by atoms with van der Waals surface area (Å²) in [4.78, 5) is 12.6. The molecule has 0 bridgehead atoms. The van der Waals surface area contributed by atoms with Gasteiger partial charge in [0, 0.05) is 17.3 Å². The molecule has 0 atom stereocenters. The predicted octanol–water partition coefficient (Wildman–Crippen LogP) is 4.15. The zero-order chi connectivity index (χ0) is 17.3. The highest BCUT2D eigenvalue weighted by atomic mass is 35.5. The number of sulfone groups is 1. The van der Waals surface area contributed by atoms with Gasteiger partial charge in [-0.15, -0.1) is 0 Å². The number of halogens is 1. The zero-order valence-corrected chi connectivity index (χ0v) is 14.4. The fraction of sp³-hybridized carbons (Fsp3) is 0.0556. The minimum absolute atomic E-state index is 0.0509. The van der Waals surface area contributed by atoms with Crippen LogP contribution in [0.15, 0.2) is 65.6 Å². The molecule has 122 valence electrons. The quantitative estimate of drug-likeness (QED) is 0.764. The molecule has 1 N–H and O–H groups in total. The lowest BCUT2D eigenvalue weighted by Gasteiger charge is -2.10. The molecule has 0 aliphatic heterocycles. The Morgan fingerprint density at radius 2 is 1.71 bits per heavy atom. The molecule has 4 nitrogen and oxygen atoms in total. The average molecular weight is 360 g/mol. The third-order valence-electron chi connectivity index (χ3n) is 3.65. The molecular weight excluding hydrogens is 346 g/mol. The van der Waals surface area contributed by atoms with Crippen molar-refractivity contribution in [2.45, 2.75) is 4.90 Å². The van der Waals surface area contributed by atoms with Crippen molar-refractivity contribution in [3.63, 3.8) is 0 Å². The predicted molar refractivity (Wildman–Crippen MR) is 96.5 cm³/mol. The molecule has 0 fully saturated rings. The smallest absolute Gasteiger partial charge is 0.257 e. The molecule has 0 radical (unpaired) electrons. The molecule has 0 unspecified atom stereocenters. The summed E-state index contributed by atoms with van der Waals surface area (Å²) >= 11 is 6.07. The standard InChI is InChI=1S/C18H14ClNO3S/c1-24(22,23)13-9-10-16(19)15(11-13)18(21)20-17-8-4-6-12-5-2-3-7-14(12)17/h2-11H,1H3,(H,20,21). The van der Waals surface area contributed by atoms with E-state index in [-0.39, 0.29) is 15.5 Å². The first-order valence-corrected chi connectivity index (χ1v) is 9.42. The van der Waals surface area contributed by atoms with Gasteiger partial charge in [0.05, 0.1) is 15.5 Å². The van der Waals surface area contributed by atoms with Crippen molar-refractivity contribution >= 4 is 43.8 Å². The van der Waals surface area contributed by atoms with Crippen LogP contribution in [0.3, 0.4) is 0 Å². The Bertz CT molecular complexity index is 1040. The monoisotopic (exact) mass is 359 g/mol. The minimum atomic E-state index is -3.42. The zero-order valence-electron chi connectivity index (χ0n) is 12.8. The van der Waals surface area contributed by atoms with E-state index in [9.17, 15) is 13.2 Å². The Morgan fingerprint density at radius 1 is 1.00 bits per heavy atom. The largest absolute Gasteiger partial charge is 0.321 e. The molecule has 0 saturated carbocycles. The molecule has 24 heavy (non-hydrogen) atoms. The first-order valence-electron chi connectivity index (χ1n) is 7.15. The van der Waals surface area contributed by atoms with Crippen molar-refractivity contribution in [3.8, 4) is 0 Å². The molecule has 0 saturated heterocycles. The number of amides is 1. The SMILES string of the molecule is CS(=O)(=O)c1ccc(Cl)c(C(=O)Nc2cccc3ccccc23)c1. The van der Waals surface area contributed by atoms with Gasteiger partial charge in [-0.05, 0) is 29.7 Å². The number of carbonyl (C=O) groups is 1. The summed E-state index contributed by atoms with van der Waals surface area (Å²) in [6, 6.07) is 17.3. The lowest BCUT2D eigenvalue weighted by Crippen LogP contribution is -2.13. The van der Waals surface area contributed by atoms with Crippen molar-refractivity contribution in [2.75, 3.05) is 11.6 Å². The first-order chi connectivity index (χ1) is 11.4. The van der Waals surface area contributed by atoms with Crippen molar-refractivity contribution in [1.29, 1.82) is 0 Å². The van der Waals surface area contributed by atoms with Gasteiger partial charge in [0.25, 0.3) is 5.91 Å². The molecule has 0 heterocycles. The molecule has 0 aromatic heterocycles. The second-order valence-electron chi connectivity index (χ2n) is 5.39. The number of hydrogen-bond acceptors (Lipinski definition) is 3. The van der Waals surface area contributed by atoms with Gasteiger partial charge in [0.15, 0.2) is 9.84 Å². The van der Waals surface area contributed by atoms with Gasteiger partial charge in [0.2, 0.25) is 0 Å². The van der Waals surface area contributed by atoms with E-state index in [0.717, 1.165) is 17.0 Å². The number of anilines is 1. The Hall–Kier alpha value is -2.37. The Balaban J connectivity index is 2.01. The van der Waals surface area contributed by atoms with E-state index < -0.39 is 15.7 Å². The van der Waals surface area contributed by atoms with Crippen molar-refractivity contribution in [1.82, 2.24) is 0 Å². The topological polar surface area (TPSA) is 63.2 Å².